The second-order valence-corrected chi connectivity index (χ2v) is 30.1. The maximum Gasteiger partial charge on any atom is 0.458 e. The first-order chi connectivity index (χ1) is 60.7. The van der Waals surface area contributed by atoms with Crippen LogP contribution in [-0.2, 0) is 5.92 Å². The van der Waals surface area contributed by atoms with E-state index in [4.69, 9.17) is 0 Å². The lowest BCUT2D eigenvalue weighted by Crippen LogP contribution is -3.07. The molecule has 46 heteroatoms. The predicted molar refractivity (Wildman–Crippen MR) is 378 cm³/mol. The molecular formula is C84H28BF44N. The van der Waals surface area contributed by atoms with Gasteiger partial charge in [0.05, 0.1) is 77.7 Å². The van der Waals surface area contributed by atoms with Crippen LogP contribution in [0.15, 0.2) is 6.07 Å². The van der Waals surface area contributed by atoms with Crippen LogP contribution < -0.4 is 26.8 Å². The maximum atomic E-state index is 19.3. The lowest BCUT2D eigenvalue weighted by Gasteiger charge is -2.48. The van der Waals surface area contributed by atoms with E-state index in [0.29, 0.717) is 18.9 Å². The summed E-state index contributed by atoms with van der Waals surface area (Å²) < 4.78 is 729. The number of hydrogen-bond donors (Lipinski definition) is 1. The van der Waals surface area contributed by atoms with Gasteiger partial charge in [-0.25, -0.2) is 167 Å². The third kappa shape index (κ3) is 11.2. The summed E-state index contributed by atoms with van der Waals surface area (Å²) in [6.07, 6.45) is -10.0. The quantitative estimate of drug-likeness (QED) is 0.0343. The van der Waals surface area contributed by atoms with Crippen LogP contribution in [0.25, 0.3) is 129 Å². The van der Waals surface area contributed by atoms with Gasteiger partial charge in [0.15, 0.2) is 209 Å². The number of benzene rings is 17. The Bertz CT molecular complexity index is 7070. The Labute approximate surface area is 688 Å². The molecule has 0 aromatic heterocycles. The summed E-state index contributed by atoms with van der Waals surface area (Å²) >= 11 is 0. The van der Waals surface area contributed by atoms with Crippen LogP contribution >= 0.6 is 0 Å². The monoisotopic (exact) mass is 1900 g/mol. The van der Waals surface area contributed by atoms with E-state index in [1.165, 1.54) is 0 Å². The van der Waals surface area contributed by atoms with Crippen molar-refractivity contribution < 1.29 is 198 Å². The smallest absolute Gasteiger partial charge is 0.300 e. The fraction of sp³-hybridized carbons (Fsp3) is 0.167. The van der Waals surface area contributed by atoms with Gasteiger partial charge in [0.1, 0.15) is 35.0 Å². The molecule has 0 heterocycles. The van der Waals surface area contributed by atoms with E-state index in [0.717, 1.165) is 25.7 Å². The Morgan fingerprint density at radius 3 is 0.623 bits per heavy atom. The van der Waals surface area contributed by atoms with Crippen molar-refractivity contribution in [2.75, 3.05) is 13.1 Å². The molecule has 0 amide bonds. The SMILES string of the molecule is CCCCC(CC)CC[NH+](CCC)c1cc(F)c(F)c(C(F)(F)C(F)(F)F)c1F.Fc1c(F)c2c(F)c(F)c3c(F)c(F)c([B-](c4c(F)c(F)c5c(F)c(F)c6c(F)c(F)c(F)c7c(F)c(F)c4c5c67)(c4c(F)c(F)c5c(F)c(F)c6c(F)c(F)c(F)c7c(F)c(F)c4c5c67)c4c(F)c(F)c5c(F)c(F)c6c(F)c(F)c(F)c7c(F)c(F)c4c5c67)c4c(F)c(F)c(c1F)c2c34. The van der Waals surface area contributed by atoms with Crippen LogP contribution in [0.2, 0.25) is 0 Å². The number of nitrogens with one attached hydrogen (secondary N) is 1. The molecule has 1 N–H and O–H groups in total. The van der Waals surface area contributed by atoms with E-state index in [9.17, 15) is 35.1 Å². The summed E-state index contributed by atoms with van der Waals surface area (Å²) in [5, 5.41) is -71.3. The average Bonchev–Trinajstić information content (AvgIpc) is 0.645. The van der Waals surface area contributed by atoms with E-state index in [2.05, 4.69) is 0 Å². The minimum absolute atomic E-state index is 0.184. The standard InChI is InChI=1S/C64BF36.C20H27F8N/c66-29-9-1-5-17(33(29)70)49(86)61(98)53(90)21(5)41(78)37(74)13(1)45(82)57(94)25(9)65(26-10-2-6-18(34(71)30(10)67)50(87)62(99)54(91)22(6)42(79)38(75)14(2)46(83)58(26)95,27-11-3-7-19(35(72)31(11)68)51(88)63(100)55(92)23(7)43(80)39(76)15(3)47(84)59(27)96)28-12-4-8-20(36(73)32(12)69)52(89)64(101)56(93)24(8)44(81)40(77)16(4)48(85)60(28)97;1-4-7-8-13(6-3)9-11-29(10-5-2)15-12-14(21)17(22)16(18(15)23)19(24,25)20(26,27)28/h;12-13H,4-11H2,1-3H3/q-1;/p+1. The first kappa shape index (κ1) is 91.2. The fourth-order valence-electron chi connectivity index (χ4n) is 18.5. The number of alkyl halides is 5. The summed E-state index contributed by atoms with van der Waals surface area (Å²) in [7, 11) is 0. The Morgan fingerprint density at radius 2 is 0.423 bits per heavy atom. The van der Waals surface area contributed by atoms with Gasteiger partial charge in [0.25, 0.3) is 0 Å². The largest absolute Gasteiger partial charge is 0.458 e. The molecule has 17 rings (SSSR count). The zero-order chi connectivity index (χ0) is 95.9. The second-order valence-electron chi connectivity index (χ2n) is 30.1. The zero-order valence-corrected chi connectivity index (χ0v) is 63.0. The number of halogens is 44. The molecule has 0 aliphatic carbocycles. The molecule has 130 heavy (non-hydrogen) atoms. The van der Waals surface area contributed by atoms with Crippen LogP contribution in [0.3, 0.4) is 0 Å². The summed E-state index contributed by atoms with van der Waals surface area (Å²) in [6, 6.07) is 0.388. The highest BCUT2D eigenvalue weighted by molar-refractivity contribution is 7.23. The van der Waals surface area contributed by atoms with E-state index in [1.807, 2.05) is 13.8 Å². The molecule has 0 saturated carbocycles. The van der Waals surface area contributed by atoms with Gasteiger partial charge in [-0.15, -0.1) is 21.9 Å². The minimum atomic E-state index is -8.50. The van der Waals surface area contributed by atoms with Crippen LogP contribution in [-0.4, -0.2) is 25.4 Å². The molecule has 2 unspecified atom stereocenters. The summed E-state index contributed by atoms with van der Waals surface area (Å²) in [5.41, 5.74) is -19.2. The Kier molecular flexibility index (Phi) is 21.2. The first-order valence-corrected chi connectivity index (χ1v) is 36.9. The molecule has 0 aliphatic rings. The molecule has 17 aromatic rings. The van der Waals surface area contributed by atoms with Crippen molar-refractivity contribution in [1.29, 1.82) is 0 Å². The molecule has 1 nitrogen and oxygen atoms in total. The van der Waals surface area contributed by atoms with Gasteiger partial charge in [0, 0.05) is 49.2 Å². The third-order valence-corrected chi connectivity index (χ3v) is 23.9. The van der Waals surface area contributed by atoms with Gasteiger partial charge < -0.3 is 0 Å². The molecule has 0 spiro atoms. The molecular weight excluding hydrogens is 1870 g/mol. The van der Waals surface area contributed by atoms with E-state index in [-0.39, 0.29) is 23.9 Å². The zero-order valence-electron chi connectivity index (χ0n) is 63.0. The van der Waals surface area contributed by atoms with E-state index < -0.39 is 407 Å². The van der Waals surface area contributed by atoms with Crippen molar-refractivity contribution in [2.24, 2.45) is 5.92 Å². The third-order valence-electron chi connectivity index (χ3n) is 23.9. The molecule has 17 aromatic carbocycles. The summed E-state index contributed by atoms with van der Waals surface area (Å²) in [5.74, 6) is -141. The molecule has 0 fully saturated rings. The van der Waals surface area contributed by atoms with Gasteiger partial charge >= 0.3 is 12.1 Å². The number of quaternary nitrogens is 1. The lowest BCUT2D eigenvalue weighted by molar-refractivity contribution is -0.834. The normalized spacial score (nSPS) is 13.4. The van der Waals surface area contributed by atoms with Gasteiger partial charge in [-0.2, -0.15) is 26.3 Å². The minimum Gasteiger partial charge on any atom is -0.300 e. The Morgan fingerprint density at radius 1 is 0.223 bits per heavy atom. The van der Waals surface area contributed by atoms with Gasteiger partial charge in [-0.3, -0.25) is 4.90 Å². The lowest BCUT2D eigenvalue weighted by atomic mass is 9.11. The van der Waals surface area contributed by atoms with Gasteiger partial charge in [-0.05, 0) is 40.3 Å². The maximum absolute atomic E-state index is 19.3. The van der Waals surface area contributed by atoms with Gasteiger partial charge in [0.2, 0.25) is 0 Å². The van der Waals surface area contributed by atoms with Crippen molar-refractivity contribution in [3.05, 3.63) is 239 Å². The van der Waals surface area contributed by atoms with E-state index in [1.54, 1.807) is 6.92 Å². The predicted octanol–water partition coefficient (Wildman–Crippen LogP) is 26.0. The highest BCUT2D eigenvalue weighted by Gasteiger charge is 2.63. The second kappa shape index (κ2) is 30.2. The van der Waals surface area contributed by atoms with Crippen LogP contribution in [0, 0.1) is 233 Å². The van der Waals surface area contributed by atoms with Crippen LogP contribution in [0.5, 0.6) is 0 Å². The Hall–Kier alpha value is -12.2. The summed E-state index contributed by atoms with van der Waals surface area (Å²) in [4.78, 5) is 0.220. The molecule has 0 aliphatic heterocycles. The van der Waals surface area contributed by atoms with Crippen molar-refractivity contribution in [3.63, 3.8) is 0 Å². The molecule has 0 saturated heterocycles. The van der Waals surface area contributed by atoms with E-state index >= 15 is 158 Å². The fourth-order valence-corrected chi connectivity index (χ4v) is 18.5. The van der Waals surface area contributed by atoms with Crippen LogP contribution in [0.1, 0.15) is 64.9 Å². The number of hydrogen-bond acceptors (Lipinski definition) is 0. The highest BCUT2D eigenvalue weighted by Crippen LogP contribution is 2.55. The van der Waals surface area contributed by atoms with Crippen molar-refractivity contribution in [1.82, 2.24) is 0 Å². The van der Waals surface area contributed by atoms with Crippen molar-refractivity contribution in [2.45, 2.75) is 71.4 Å². The van der Waals surface area contributed by atoms with Crippen molar-refractivity contribution in [3.8, 4) is 0 Å². The summed E-state index contributed by atoms with van der Waals surface area (Å²) in [6.45, 7) is 6.12. The topological polar surface area (TPSA) is 4.44 Å². The van der Waals surface area contributed by atoms with Crippen LogP contribution in [0.4, 0.5) is 199 Å². The molecule has 0 bridgehead atoms. The first-order valence-electron chi connectivity index (χ1n) is 36.9. The number of rotatable bonds is 15. The molecule has 2 atom stereocenters. The molecule has 680 valence electrons. The molecule has 0 radical (unpaired) electrons. The average molecular weight is 1900 g/mol. The van der Waals surface area contributed by atoms with Gasteiger partial charge in [-0.1, -0.05) is 46.5 Å². The number of unbranched alkanes of at least 4 members (excludes halogenated alkanes) is 1. The Balaban J connectivity index is 0.000000366. The highest BCUT2D eigenvalue weighted by atomic mass is 19.4. The van der Waals surface area contributed by atoms with Crippen molar-refractivity contribution >= 4 is 163 Å².